The molecule has 6 nitrogen and oxygen atoms in total. The molecule has 2 aromatic carbocycles. The summed E-state index contributed by atoms with van der Waals surface area (Å²) >= 11 is 0. The fraction of sp³-hybridized carbons (Fsp3) is 0.321. The first-order chi connectivity index (χ1) is 17.8. The predicted octanol–water partition coefficient (Wildman–Crippen LogP) is 5.10. The normalized spacial score (nSPS) is 21.3. The SMILES string of the molecule is Cc1[nH]n(-c2ccccc2)c(=O)c1[C@@]1(C(F)(F)F)C(=O)N(Cc2ccc(F)cc2)C2=C1C(=O)CC(C)(C)C2. The van der Waals surface area contributed by atoms with Crippen molar-refractivity contribution in [2.75, 3.05) is 0 Å². The van der Waals surface area contributed by atoms with Crippen LogP contribution in [0.3, 0.4) is 0 Å². The summed E-state index contributed by atoms with van der Waals surface area (Å²) in [6, 6.07) is 13.0. The molecule has 0 bridgehead atoms. The van der Waals surface area contributed by atoms with Crippen LogP contribution in [0.25, 0.3) is 5.69 Å². The van der Waals surface area contributed by atoms with Crippen molar-refractivity contribution in [2.45, 2.75) is 51.7 Å². The predicted molar refractivity (Wildman–Crippen MR) is 131 cm³/mol. The van der Waals surface area contributed by atoms with Crippen LogP contribution < -0.4 is 5.56 Å². The molecule has 5 rings (SSSR count). The number of allylic oxidation sites excluding steroid dienone is 1. The van der Waals surface area contributed by atoms with E-state index in [-0.39, 0.29) is 36.5 Å². The van der Waals surface area contributed by atoms with Crippen molar-refractivity contribution < 1.29 is 27.2 Å². The van der Waals surface area contributed by atoms with E-state index in [9.17, 15) is 18.8 Å². The molecule has 2 heterocycles. The topological polar surface area (TPSA) is 75.2 Å². The fourth-order valence-electron chi connectivity index (χ4n) is 5.70. The standard InChI is InChI=1S/C28H25F4N3O3/c1-16-22(24(37)35(33-16)19-7-5-4-6-8-19)27(28(30,31)32)23-20(13-26(2,3)14-21(23)36)34(25(27)38)15-17-9-11-18(29)12-10-17/h4-12,33H,13-15H2,1-3H3/t27-/m0/s1. The highest BCUT2D eigenvalue weighted by atomic mass is 19.4. The van der Waals surface area contributed by atoms with Gasteiger partial charge in [-0.05, 0) is 48.6 Å². The maximum Gasteiger partial charge on any atom is 0.411 e. The molecule has 198 valence electrons. The number of ketones is 1. The van der Waals surface area contributed by atoms with E-state index >= 15 is 13.2 Å². The number of Topliss-reactive ketones (excluding diaryl/α,β-unsaturated/α-hetero) is 1. The van der Waals surface area contributed by atoms with Gasteiger partial charge in [0, 0.05) is 23.4 Å². The lowest BCUT2D eigenvalue weighted by Crippen LogP contribution is -2.55. The number of carbonyl (C=O) groups excluding carboxylic acids is 2. The van der Waals surface area contributed by atoms with Gasteiger partial charge in [-0.25, -0.2) is 9.07 Å². The molecule has 38 heavy (non-hydrogen) atoms. The maximum atomic E-state index is 15.4. The molecule has 1 atom stereocenters. The monoisotopic (exact) mass is 527 g/mol. The Morgan fingerprint density at radius 2 is 1.58 bits per heavy atom. The van der Waals surface area contributed by atoms with Gasteiger partial charge in [-0.1, -0.05) is 44.2 Å². The Hall–Kier alpha value is -3.95. The Kier molecular flexibility index (Phi) is 5.77. The average molecular weight is 528 g/mol. The molecule has 1 aliphatic heterocycles. The second kappa shape index (κ2) is 8.54. The van der Waals surface area contributed by atoms with E-state index < -0.39 is 51.2 Å². The number of rotatable bonds is 4. The zero-order valence-corrected chi connectivity index (χ0v) is 20.9. The van der Waals surface area contributed by atoms with Crippen LogP contribution in [0.2, 0.25) is 0 Å². The molecule has 0 fully saturated rings. The second-order valence-electron chi connectivity index (χ2n) is 10.6. The van der Waals surface area contributed by atoms with Crippen LogP contribution >= 0.6 is 0 Å². The summed E-state index contributed by atoms with van der Waals surface area (Å²) in [5, 5.41) is 2.68. The van der Waals surface area contributed by atoms with Gasteiger partial charge in [0.05, 0.1) is 17.8 Å². The minimum absolute atomic E-state index is 0.0230. The number of hydrogen-bond donors (Lipinski definition) is 1. The molecule has 3 aromatic rings. The molecule has 2 aliphatic rings. The van der Waals surface area contributed by atoms with Crippen molar-refractivity contribution in [3.63, 3.8) is 0 Å². The third-order valence-electron chi connectivity index (χ3n) is 7.26. The third kappa shape index (κ3) is 3.73. The van der Waals surface area contributed by atoms with E-state index in [1.807, 2.05) is 0 Å². The van der Waals surface area contributed by atoms with Crippen molar-refractivity contribution in [1.82, 2.24) is 14.7 Å². The molecule has 0 unspecified atom stereocenters. The highest BCUT2D eigenvalue weighted by Gasteiger charge is 2.73. The van der Waals surface area contributed by atoms with Crippen molar-refractivity contribution >= 4 is 11.7 Å². The quantitative estimate of drug-likeness (QED) is 0.480. The number of H-pyrrole nitrogens is 1. The minimum atomic E-state index is -5.31. The fourth-order valence-corrected chi connectivity index (χ4v) is 5.70. The molecule has 0 radical (unpaired) electrons. The number of aromatic nitrogens is 2. The lowest BCUT2D eigenvalue weighted by Gasteiger charge is -2.35. The number of aryl methyl sites for hydroxylation is 1. The smallest absolute Gasteiger partial charge is 0.310 e. The molecular weight excluding hydrogens is 502 g/mol. The molecule has 1 aliphatic carbocycles. The molecule has 1 N–H and O–H groups in total. The van der Waals surface area contributed by atoms with Gasteiger partial charge in [0.15, 0.2) is 5.78 Å². The van der Waals surface area contributed by atoms with Crippen molar-refractivity contribution in [2.24, 2.45) is 5.41 Å². The van der Waals surface area contributed by atoms with E-state index in [1.165, 1.54) is 31.2 Å². The van der Waals surface area contributed by atoms with Gasteiger partial charge in [0.1, 0.15) is 5.82 Å². The summed E-state index contributed by atoms with van der Waals surface area (Å²) in [7, 11) is 0. The molecule has 0 saturated carbocycles. The Labute approximate surface area is 215 Å². The summed E-state index contributed by atoms with van der Waals surface area (Å²) in [6.45, 7) is 4.46. The summed E-state index contributed by atoms with van der Waals surface area (Å²) in [5.41, 5.74) is -6.33. The van der Waals surface area contributed by atoms with Crippen LogP contribution in [0.15, 0.2) is 70.7 Å². The summed E-state index contributed by atoms with van der Waals surface area (Å²) < 4.78 is 60.6. The highest BCUT2D eigenvalue weighted by molar-refractivity contribution is 6.13. The summed E-state index contributed by atoms with van der Waals surface area (Å²) in [6.07, 6.45) is -5.49. The van der Waals surface area contributed by atoms with E-state index in [0.29, 0.717) is 5.56 Å². The molecular formula is C28H25F4N3O3. The summed E-state index contributed by atoms with van der Waals surface area (Å²) in [5.74, 6) is -2.77. The first-order valence-corrected chi connectivity index (χ1v) is 12.1. The first-order valence-electron chi connectivity index (χ1n) is 12.1. The van der Waals surface area contributed by atoms with Gasteiger partial charge >= 0.3 is 6.18 Å². The van der Waals surface area contributed by atoms with Crippen LogP contribution in [-0.2, 0) is 21.5 Å². The number of para-hydroxylation sites is 1. The summed E-state index contributed by atoms with van der Waals surface area (Å²) in [4.78, 5) is 42.2. The lowest BCUT2D eigenvalue weighted by atomic mass is 9.66. The molecule has 0 saturated heterocycles. The first kappa shape index (κ1) is 25.7. The van der Waals surface area contributed by atoms with Gasteiger partial charge < -0.3 is 4.90 Å². The van der Waals surface area contributed by atoms with Crippen LogP contribution in [0.4, 0.5) is 17.6 Å². The number of nitrogens with one attached hydrogen (secondary N) is 1. The number of alkyl halides is 3. The van der Waals surface area contributed by atoms with Gasteiger partial charge in [-0.15, -0.1) is 0 Å². The molecule has 1 aromatic heterocycles. The van der Waals surface area contributed by atoms with Crippen molar-refractivity contribution in [3.05, 3.63) is 98.9 Å². The van der Waals surface area contributed by atoms with Gasteiger partial charge in [-0.3, -0.25) is 19.5 Å². The number of benzene rings is 2. The van der Waals surface area contributed by atoms with Crippen LogP contribution in [0.1, 0.15) is 43.5 Å². The minimum Gasteiger partial charge on any atom is -0.310 e. The Bertz CT molecular complexity index is 1530. The number of hydrogen-bond acceptors (Lipinski definition) is 3. The Morgan fingerprint density at radius 3 is 2.18 bits per heavy atom. The van der Waals surface area contributed by atoms with Crippen molar-refractivity contribution in [1.29, 1.82) is 0 Å². The molecule has 1 amide bonds. The van der Waals surface area contributed by atoms with E-state index in [2.05, 4.69) is 5.10 Å². The number of nitrogens with zero attached hydrogens (tertiary/aromatic N) is 2. The zero-order chi connectivity index (χ0) is 27.6. The Balaban J connectivity index is 1.80. The van der Waals surface area contributed by atoms with Crippen LogP contribution in [0.5, 0.6) is 0 Å². The molecule has 0 spiro atoms. The highest BCUT2D eigenvalue weighted by Crippen LogP contribution is 2.57. The van der Waals surface area contributed by atoms with Crippen molar-refractivity contribution in [3.8, 4) is 5.69 Å². The van der Waals surface area contributed by atoms with Gasteiger partial charge in [0.2, 0.25) is 5.41 Å². The third-order valence-corrected chi connectivity index (χ3v) is 7.26. The van der Waals surface area contributed by atoms with Crippen LogP contribution in [-0.4, -0.2) is 32.5 Å². The van der Waals surface area contributed by atoms with Gasteiger partial charge in [-0.2, -0.15) is 13.2 Å². The average Bonchev–Trinajstić information content (AvgIpc) is 3.25. The molecule has 10 heteroatoms. The van der Waals surface area contributed by atoms with E-state index in [0.717, 1.165) is 21.7 Å². The van der Waals surface area contributed by atoms with Crippen LogP contribution in [0, 0.1) is 18.2 Å². The number of amides is 1. The Morgan fingerprint density at radius 1 is 0.947 bits per heavy atom. The largest absolute Gasteiger partial charge is 0.411 e. The number of carbonyl (C=O) groups is 2. The zero-order valence-electron chi connectivity index (χ0n) is 20.9. The number of aromatic amines is 1. The second-order valence-corrected chi connectivity index (χ2v) is 10.6. The van der Waals surface area contributed by atoms with Gasteiger partial charge in [0.25, 0.3) is 11.5 Å². The number of halogens is 4. The lowest BCUT2D eigenvalue weighted by molar-refractivity contribution is -0.189. The van der Waals surface area contributed by atoms with E-state index in [1.54, 1.807) is 32.0 Å². The maximum absolute atomic E-state index is 15.4. The van der Waals surface area contributed by atoms with E-state index in [4.69, 9.17) is 0 Å².